The van der Waals surface area contributed by atoms with Crippen LogP contribution in [-0.2, 0) is 29.6 Å². The van der Waals surface area contributed by atoms with Gasteiger partial charge in [-0.25, -0.2) is 4.98 Å². The molecular formula is C30H38N4O3. The summed E-state index contributed by atoms with van der Waals surface area (Å²) in [5.41, 5.74) is 3.64. The number of fused-ring (bicyclic) bond motifs is 2. The van der Waals surface area contributed by atoms with Gasteiger partial charge in [0.1, 0.15) is 17.3 Å². The van der Waals surface area contributed by atoms with Crippen LogP contribution in [0.4, 0.5) is 0 Å². The molecule has 0 spiro atoms. The van der Waals surface area contributed by atoms with E-state index in [2.05, 4.69) is 27.7 Å². The average Bonchev–Trinajstić information content (AvgIpc) is 3.44. The van der Waals surface area contributed by atoms with Gasteiger partial charge in [-0.1, -0.05) is 45.9 Å². The summed E-state index contributed by atoms with van der Waals surface area (Å²) in [5, 5.41) is 0.991. The summed E-state index contributed by atoms with van der Waals surface area (Å²) in [6.07, 6.45) is 1.91. The Labute approximate surface area is 219 Å². The predicted molar refractivity (Wildman–Crippen MR) is 147 cm³/mol. The normalized spacial score (nSPS) is 12.5. The fraction of sp³-hybridized carbons (Fsp3) is 0.433. The van der Waals surface area contributed by atoms with Gasteiger partial charge in [0.15, 0.2) is 0 Å². The summed E-state index contributed by atoms with van der Waals surface area (Å²) in [4.78, 5) is 36.3. The lowest BCUT2D eigenvalue weighted by atomic mass is 9.99. The van der Waals surface area contributed by atoms with Gasteiger partial charge in [-0.15, -0.1) is 0 Å². The highest BCUT2D eigenvalue weighted by molar-refractivity contribution is 6.00. The summed E-state index contributed by atoms with van der Waals surface area (Å²) < 4.78 is 7.44. The Hall–Kier alpha value is -3.61. The maximum atomic E-state index is 14.0. The largest absolute Gasteiger partial charge is 0.464 e. The molecule has 2 aromatic carbocycles. The lowest BCUT2D eigenvalue weighted by Crippen LogP contribution is -2.47. The van der Waals surface area contributed by atoms with Crippen molar-refractivity contribution in [2.45, 2.75) is 40.7 Å². The zero-order chi connectivity index (χ0) is 26.7. The number of para-hydroxylation sites is 2. The Balaban J connectivity index is 1.64. The van der Waals surface area contributed by atoms with Gasteiger partial charge in [0.2, 0.25) is 11.8 Å². The first-order chi connectivity index (χ1) is 17.6. The maximum Gasteiger partial charge on any atom is 0.235 e. The SMILES string of the molecule is CC(C)CN(CC(C)C)C(=O)C(Cc1nc2ccccc2n1C)C(=O)N(C)Cc1ccc2occc2c1. The number of imidazole rings is 1. The molecular weight excluding hydrogens is 464 g/mol. The number of rotatable bonds is 10. The smallest absolute Gasteiger partial charge is 0.235 e. The second-order valence-electron chi connectivity index (χ2n) is 10.9. The van der Waals surface area contributed by atoms with E-state index in [-0.39, 0.29) is 18.2 Å². The van der Waals surface area contributed by atoms with E-state index in [1.807, 2.05) is 65.0 Å². The van der Waals surface area contributed by atoms with Crippen molar-refractivity contribution in [3.8, 4) is 0 Å². The number of hydrogen-bond acceptors (Lipinski definition) is 4. The van der Waals surface area contributed by atoms with E-state index in [1.54, 1.807) is 18.2 Å². The Morgan fingerprint density at radius 2 is 1.68 bits per heavy atom. The molecule has 196 valence electrons. The summed E-state index contributed by atoms with van der Waals surface area (Å²) in [5.74, 6) is 0.159. The summed E-state index contributed by atoms with van der Waals surface area (Å²) in [6.45, 7) is 10.0. The quantitative estimate of drug-likeness (QED) is 0.277. The van der Waals surface area contributed by atoms with Crippen LogP contribution in [0.15, 0.2) is 59.2 Å². The van der Waals surface area contributed by atoms with Crippen molar-refractivity contribution < 1.29 is 14.0 Å². The molecule has 2 heterocycles. The first kappa shape index (κ1) is 26.5. The van der Waals surface area contributed by atoms with Gasteiger partial charge in [-0.3, -0.25) is 9.59 Å². The summed E-state index contributed by atoms with van der Waals surface area (Å²) in [7, 11) is 3.72. The van der Waals surface area contributed by atoms with Crippen LogP contribution < -0.4 is 0 Å². The van der Waals surface area contributed by atoms with Crippen LogP contribution in [0.25, 0.3) is 22.0 Å². The van der Waals surface area contributed by atoms with Gasteiger partial charge < -0.3 is 18.8 Å². The topological polar surface area (TPSA) is 71.6 Å². The third kappa shape index (κ3) is 6.04. The maximum absolute atomic E-state index is 14.0. The fourth-order valence-electron chi connectivity index (χ4n) is 4.93. The van der Waals surface area contributed by atoms with Crippen LogP contribution in [-0.4, -0.2) is 51.3 Å². The molecule has 0 saturated carbocycles. The Morgan fingerprint density at radius 3 is 2.35 bits per heavy atom. The molecule has 4 rings (SSSR count). The number of hydrogen-bond donors (Lipinski definition) is 0. The third-order valence-corrected chi connectivity index (χ3v) is 6.66. The number of benzene rings is 2. The Bertz CT molecular complexity index is 1370. The van der Waals surface area contributed by atoms with Gasteiger partial charge >= 0.3 is 0 Å². The Kier molecular flexibility index (Phi) is 8.00. The number of aromatic nitrogens is 2. The van der Waals surface area contributed by atoms with E-state index >= 15 is 0 Å². The van der Waals surface area contributed by atoms with E-state index in [0.29, 0.717) is 31.5 Å². The van der Waals surface area contributed by atoms with Gasteiger partial charge in [-0.05, 0) is 47.7 Å². The third-order valence-electron chi connectivity index (χ3n) is 6.66. The lowest BCUT2D eigenvalue weighted by molar-refractivity contribution is -0.147. The minimum absolute atomic E-state index is 0.128. The predicted octanol–water partition coefficient (Wildman–Crippen LogP) is 5.28. The van der Waals surface area contributed by atoms with Gasteiger partial charge in [0.05, 0.1) is 17.3 Å². The molecule has 0 saturated heterocycles. The summed E-state index contributed by atoms with van der Waals surface area (Å²) in [6, 6.07) is 15.7. The van der Waals surface area contributed by atoms with E-state index in [4.69, 9.17) is 9.40 Å². The molecule has 0 aliphatic carbocycles. The van der Waals surface area contributed by atoms with Crippen LogP contribution in [0.3, 0.4) is 0 Å². The zero-order valence-corrected chi connectivity index (χ0v) is 22.8. The highest BCUT2D eigenvalue weighted by Gasteiger charge is 2.35. The van der Waals surface area contributed by atoms with E-state index in [1.165, 1.54) is 0 Å². The van der Waals surface area contributed by atoms with Crippen molar-refractivity contribution in [2.24, 2.45) is 24.8 Å². The van der Waals surface area contributed by atoms with E-state index in [9.17, 15) is 9.59 Å². The molecule has 7 nitrogen and oxygen atoms in total. The minimum Gasteiger partial charge on any atom is -0.464 e. The molecule has 0 aliphatic rings. The molecule has 0 bridgehead atoms. The molecule has 2 aromatic heterocycles. The van der Waals surface area contributed by atoms with Crippen LogP contribution in [0, 0.1) is 17.8 Å². The molecule has 1 unspecified atom stereocenters. The number of carbonyl (C=O) groups is 2. The van der Waals surface area contributed by atoms with Crippen molar-refractivity contribution in [3.05, 3.63) is 66.2 Å². The van der Waals surface area contributed by atoms with Gasteiger partial charge in [-0.2, -0.15) is 0 Å². The van der Waals surface area contributed by atoms with E-state index < -0.39 is 5.92 Å². The number of aryl methyl sites for hydroxylation is 1. The summed E-state index contributed by atoms with van der Waals surface area (Å²) >= 11 is 0. The van der Waals surface area contributed by atoms with Crippen LogP contribution >= 0.6 is 0 Å². The molecule has 7 heteroatoms. The van der Waals surface area contributed by atoms with Crippen LogP contribution in [0.1, 0.15) is 39.1 Å². The number of amides is 2. The van der Waals surface area contributed by atoms with Crippen molar-refractivity contribution in [3.63, 3.8) is 0 Å². The molecule has 2 amide bonds. The average molecular weight is 503 g/mol. The zero-order valence-electron chi connectivity index (χ0n) is 22.8. The van der Waals surface area contributed by atoms with Crippen LogP contribution in [0.5, 0.6) is 0 Å². The van der Waals surface area contributed by atoms with Crippen molar-refractivity contribution in [1.29, 1.82) is 0 Å². The Morgan fingerprint density at radius 1 is 0.973 bits per heavy atom. The first-order valence-corrected chi connectivity index (χ1v) is 13.0. The minimum atomic E-state index is -0.851. The fourth-order valence-corrected chi connectivity index (χ4v) is 4.93. The lowest BCUT2D eigenvalue weighted by Gasteiger charge is -2.31. The van der Waals surface area contributed by atoms with Crippen molar-refractivity contribution >= 4 is 33.8 Å². The molecule has 37 heavy (non-hydrogen) atoms. The first-order valence-electron chi connectivity index (χ1n) is 13.0. The molecule has 0 radical (unpaired) electrons. The molecule has 0 fully saturated rings. The second kappa shape index (κ2) is 11.2. The van der Waals surface area contributed by atoms with Gasteiger partial charge in [0, 0.05) is 45.5 Å². The van der Waals surface area contributed by atoms with Crippen LogP contribution in [0.2, 0.25) is 0 Å². The van der Waals surface area contributed by atoms with E-state index in [0.717, 1.165) is 33.4 Å². The monoisotopic (exact) mass is 502 g/mol. The second-order valence-corrected chi connectivity index (χ2v) is 10.9. The highest BCUT2D eigenvalue weighted by Crippen LogP contribution is 2.22. The van der Waals surface area contributed by atoms with Crippen molar-refractivity contribution in [1.82, 2.24) is 19.4 Å². The molecule has 0 N–H and O–H groups in total. The number of furan rings is 1. The molecule has 1 atom stereocenters. The highest BCUT2D eigenvalue weighted by atomic mass is 16.3. The standard InChI is InChI=1S/C30H38N4O3/c1-20(2)17-34(18-21(3)4)30(36)24(16-28-31-25-9-7-8-10-26(25)33(28)6)29(35)32(5)19-22-11-12-27-23(15-22)13-14-37-27/h7-15,20-21,24H,16-19H2,1-6H3. The molecule has 4 aromatic rings. The molecule has 0 aliphatic heterocycles. The number of nitrogens with zero attached hydrogens (tertiary/aromatic N) is 4. The number of carbonyl (C=O) groups excluding carboxylic acids is 2. The van der Waals surface area contributed by atoms with Gasteiger partial charge in [0.25, 0.3) is 0 Å². The van der Waals surface area contributed by atoms with Crippen molar-refractivity contribution in [2.75, 3.05) is 20.1 Å².